The van der Waals surface area contributed by atoms with Crippen molar-refractivity contribution in [2.75, 3.05) is 4.90 Å². The number of carbonyl (C=O) groups excluding carboxylic acids is 4. The van der Waals surface area contributed by atoms with E-state index in [0.717, 1.165) is 19.6 Å². The summed E-state index contributed by atoms with van der Waals surface area (Å²) in [7, 11) is 0. The maximum atomic E-state index is 14.0. The zero-order chi connectivity index (χ0) is 24.6. The molecule has 6 rings (SSSR count). The normalized spacial score (nSPS) is 24.4. The Hall–Kier alpha value is -3.17. The van der Waals surface area contributed by atoms with Crippen LogP contribution >= 0.6 is 22.6 Å². The molecule has 0 saturated carbocycles. The first-order chi connectivity index (χ1) is 16.8. The quantitative estimate of drug-likeness (QED) is 0.253. The van der Waals surface area contributed by atoms with Crippen molar-refractivity contribution in [1.82, 2.24) is 0 Å². The van der Waals surface area contributed by atoms with Gasteiger partial charge in [-0.1, -0.05) is 54.1 Å². The topological polar surface area (TPSA) is 80.8 Å². The lowest BCUT2D eigenvalue weighted by molar-refractivity contribution is -0.127. The molecule has 1 aliphatic carbocycles. The zero-order valence-electron chi connectivity index (χ0n) is 18.9. The summed E-state index contributed by atoms with van der Waals surface area (Å²) in [5, 5.41) is 0. The number of imide groups is 1. The molecule has 3 aliphatic rings. The minimum Gasteiger partial charge on any atom is -0.349 e. The Morgan fingerprint density at radius 3 is 2.14 bits per heavy atom. The molecule has 2 fully saturated rings. The van der Waals surface area contributed by atoms with Crippen LogP contribution in [0.1, 0.15) is 43.5 Å². The molecule has 3 aromatic rings. The van der Waals surface area contributed by atoms with Gasteiger partial charge in [-0.15, -0.1) is 0 Å². The number of halogens is 1. The van der Waals surface area contributed by atoms with Crippen LogP contribution in [0, 0.1) is 29.3 Å². The van der Waals surface area contributed by atoms with Crippen molar-refractivity contribution in [2.24, 2.45) is 11.8 Å². The van der Waals surface area contributed by atoms with Crippen molar-refractivity contribution in [2.45, 2.75) is 25.6 Å². The largest absolute Gasteiger partial charge is 0.349 e. The van der Waals surface area contributed by atoms with E-state index < -0.39 is 46.9 Å². The molecule has 3 aromatic carbocycles. The number of fused-ring (bicyclic) bond motifs is 3. The summed E-state index contributed by atoms with van der Waals surface area (Å²) in [4.78, 5) is 56.7. The lowest BCUT2D eigenvalue weighted by atomic mass is 9.77. The van der Waals surface area contributed by atoms with Crippen LogP contribution < -0.4 is 4.90 Å². The fourth-order valence-electron chi connectivity index (χ4n) is 5.80. The Labute approximate surface area is 215 Å². The van der Waals surface area contributed by atoms with E-state index in [2.05, 4.69) is 22.6 Å². The summed E-state index contributed by atoms with van der Waals surface area (Å²) < 4.78 is 7.24. The van der Waals surface area contributed by atoms with Gasteiger partial charge in [0.25, 0.3) is 0 Å². The summed E-state index contributed by atoms with van der Waals surface area (Å²) >= 11 is 2.16. The number of ketones is 2. The summed E-state index contributed by atoms with van der Waals surface area (Å²) in [6.07, 6.45) is -0.913. The van der Waals surface area contributed by atoms with E-state index in [-0.39, 0.29) is 11.1 Å². The molecule has 3 atom stereocenters. The first kappa shape index (κ1) is 22.3. The maximum absolute atomic E-state index is 14.0. The van der Waals surface area contributed by atoms with Crippen LogP contribution in [-0.2, 0) is 14.3 Å². The summed E-state index contributed by atoms with van der Waals surface area (Å²) in [5.74, 6) is -4.37. The van der Waals surface area contributed by atoms with Gasteiger partial charge in [-0.3, -0.25) is 19.2 Å². The summed E-state index contributed by atoms with van der Waals surface area (Å²) in [6.45, 7) is 3.77. The molecule has 2 heterocycles. The van der Waals surface area contributed by atoms with Crippen LogP contribution in [0.2, 0.25) is 0 Å². The van der Waals surface area contributed by atoms with Gasteiger partial charge in [-0.2, -0.15) is 0 Å². The van der Waals surface area contributed by atoms with Crippen molar-refractivity contribution >= 4 is 51.7 Å². The molecule has 0 unspecified atom stereocenters. The van der Waals surface area contributed by atoms with Gasteiger partial charge in [-0.05, 0) is 65.8 Å². The van der Waals surface area contributed by atoms with E-state index in [1.54, 1.807) is 36.4 Å². The van der Waals surface area contributed by atoms with Gasteiger partial charge in [0.05, 0.1) is 23.6 Å². The van der Waals surface area contributed by atoms with E-state index in [9.17, 15) is 19.2 Å². The number of nitrogens with zero attached hydrogens (tertiary/aromatic N) is 1. The van der Waals surface area contributed by atoms with E-state index in [4.69, 9.17) is 4.74 Å². The maximum Gasteiger partial charge on any atom is 0.241 e. The monoisotopic (exact) mass is 577 g/mol. The Morgan fingerprint density at radius 2 is 1.51 bits per heavy atom. The number of amides is 2. The number of benzene rings is 3. The minimum absolute atomic E-state index is 0.227. The number of ether oxygens (including phenoxy) is 1. The molecule has 2 saturated heterocycles. The third-order valence-corrected chi connectivity index (χ3v) is 7.96. The molecular weight excluding hydrogens is 557 g/mol. The van der Waals surface area contributed by atoms with Crippen LogP contribution in [-0.4, -0.2) is 29.0 Å². The van der Waals surface area contributed by atoms with Gasteiger partial charge in [0.15, 0.2) is 0 Å². The van der Waals surface area contributed by atoms with Crippen LogP contribution in [0.3, 0.4) is 0 Å². The second-order valence-electron chi connectivity index (χ2n) is 9.34. The molecule has 0 N–H and O–H groups in total. The highest BCUT2D eigenvalue weighted by atomic mass is 127. The van der Waals surface area contributed by atoms with Gasteiger partial charge in [0.1, 0.15) is 0 Å². The Morgan fingerprint density at radius 1 is 0.829 bits per heavy atom. The molecule has 0 radical (unpaired) electrons. The standard InChI is InChI=1S/C28H20INO5/c1-14-10-11-20(15(2)12-14)30-26(33)21-22(27(30)34)28(35-23(21)16-6-5-7-17(29)13-16)24(31)18-8-3-4-9-19(18)25(28)32/h3-13,21-23H,1-2H3/t21-,22+,23-/m0/s1. The molecule has 1 spiro atoms. The minimum atomic E-state index is -2.06. The fourth-order valence-corrected chi connectivity index (χ4v) is 6.36. The highest BCUT2D eigenvalue weighted by Crippen LogP contribution is 2.57. The summed E-state index contributed by atoms with van der Waals surface area (Å²) in [6, 6.07) is 19.4. The average Bonchev–Trinajstić information content (AvgIpc) is 3.40. The Balaban J connectivity index is 1.56. The van der Waals surface area contributed by atoms with Crippen molar-refractivity contribution in [3.63, 3.8) is 0 Å². The predicted molar refractivity (Wildman–Crippen MR) is 136 cm³/mol. The second-order valence-corrected chi connectivity index (χ2v) is 10.6. The Kier molecular flexibility index (Phi) is 4.88. The number of anilines is 1. The highest BCUT2D eigenvalue weighted by molar-refractivity contribution is 14.1. The molecule has 2 aliphatic heterocycles. The number of rotatable bonds is 2. The third kappa shape index (κ3) is 2.91. The van der Waals surface area contributed by atoms with E-state index in [1.807, 2.05) is 44.2 Å². The van der Waals surface area contributed by atoms with Gasteiger partial charge in [-0.25, -0.2) is 4.90 Å². The molecule has 2 amide bonds. The number of carbonyl (C=O) groups is 4. The fraction of sp³-hybridized carbons (Fsp3) is 0.214. The highest BCUT2D eigenvalue weighted by Gasteiger charge is 2.74. The van der Waals surface area contributed by atoms with Crippen LogP contribution in [0.5, 0.6) is 0 Å². The molecule has 174 valence electrons. The lowest BCUT2D eigenvalue weighted by Gasteiger charge is -2.27. The van der Waals surface area contributed by atoms with Gasteiger partial charge >= 0.3 is 0 Å². The zero-order valence-corrected chi connectivity index (χ0v) is 21.1. The molecule has 35 heavy (non-hydrogen) atoms. The van der Waals surface area contributed by atoms with Crippen LogP contribution in [0.15, 0.2) is 66.7 Å². The Bertz CT molecular complexity index is 1440. The van der Waals surface area contributed by atoms with Crippen LogP contribution in [0.4, 0.5) is 5.69 Å². The van der Waals surface area contributed by atoms with Crippen molar-refractivity contribution in [3.05, 3.63) is 98.1 Å². The molecule has 6 nitrogen and oxygen atoms in total. The van der Waals surface area contributed by atoms with Crippen molar-refractivity contribution in [1.29, 1.82) is 0 Å². The second kappa shape index (κ2) is 7.66. The van der Waals surface area contributed by atoms with Crippen LogP contribution in [0.25, 0.3) is 0 Å². The predicted octanol–water partition coefficient (Wildman–Crippen LogP) is 4.60. The van der Waals surface area contributed by atoms with Gasteiger partial charge in [0, 0.05) is 14.7 Å². The molecule has 0 bridgehead atoms. The van der Waals surface area contributed by atoms with Crippen molar-refractivity contribution < 1.29 is 23.9 Å². The number of Topliss-reactive ketones (excluding diaryl/α,β-unsaturated/α-hetero) is 2. The smallest absolute Gasteiger partial charge is 0.241 e. The number of aryl methyl sites for hydroxylation is 2. The van der Waals surface area contributed by atoms with E-state index in [0.29, 0.717) is 11.3 Å². The third-order valence-electron chi connectivity index (χ3n) is 7.29. The van der Waals surface area contributed by atoms with Crippen molar-refractivity contribution in [3.8, 4) is 0 Å². The van der Waals surface area contributed by atoms with Gasteiger partial charge < -0.3 is 4.74 Å². The molecular formula is C28H20INO5. The first-order valence-electron chi connectivity index (χ1n) is 11.3. The SMILES string of the molecule is Cc1ccc(N2C(=O)[C@@H]3[C@H](c4cccc(I)c4)OC4(C(=O)c5ccccc5C4=O)[C@H]3C2=O)c(C)c1. The summed E-state index contributed by atoms with van der Waals surface area (Å²) in [5.41, 5.74) is 1.28. The van der Waals surface area contributed by atoms with Gasteiger partial charge in [0.2, 0.25) is 29.0 Å². The van der Waals surface area contributed by atoms with E-state index >= 15 is 0 Å². The lowest BCUT2D eigenvalue weighted by Crippen LogP contribution is -2.51. The first-order valence-corrected chi connectivity index (χ1v) is 12.4. The molecule has 0 aromatic heterocycles. The average molecular weight is 577 g/mol. The van der Waals surface area contributed by atoms with E-state index in [1.165, 1.54) is 0 Å². The number of hydrogen-bond acceptors (Lipinski definition) is 5. The molecule has 7 heteroatoms. The number of hydrogen-bond donors (Lipinski definition) is 0.